The van der Waals surface area contributed by atoms with Crippen molar-refractivity contribution in [1.82, 2.24) is 5.01 Å². The van der Waals surface area contributed by atoms with E-state index in [1.165, 1.54) is 6.42 Å². The number of hydrogen-bond donors (Lipinski definition) is 2. The Balaban J connectivity index is 4.30. The van der Waals surface area contributed by atoms with Crippen molar-refractivity contribution in [2.75, 3.05) is 6.54 Å². The maximum Gasteiger partial charge on any atom is 0.308 e. The first kappa shape index (κ1) is 19.9. The van der Waals surface area contributed by atoms with Gasteiger partial charge in [0.1, 0.15) is 0 Å². The van der Waals surface area contributed by atoms with Crippen molar-refractivity contribution in [3.63, 3.8) is 0 Å². The van der Waals surface area contributed by atoms with Gasteiger partial charge in [-0.2, -0.15) is 0 Å². The maximum atomic E-state index is 11.8. The second kappa shape index (κ2) is 10.6. The first-order valence-corrected chi connectivity index (χ1v) is 8.05. The highest BCUT2D eigenvalue weighted by Gasteiger charge is 2.23. The summed E-state index contributed by atoms with van der Waals surface area (Å²) in [6.07, 6.45) is 5.25. The average Bonchev–Trinajstić information content (AvgIpc) is 2.39. The molecule has 5 nitrogen and oxygen atoms in total. The minimum Gasteiger partial charge on any atom is -0.481 e. The molecule has 0 aromatic heterocycles. The molecule has 21 heavy (non-hydrogen) atoms. The smallest absolute Gasteiger partial charge is 0.308 e. The van der Waals surface area contributed by atoms with E-state index in [0.717, 1.165) is 24.3 Å². The molecule has 5 heteroatoms. The fourth-order valence-electron chi connectivity index (χ4n) is 2.28. The molecule has 0 spiro atoms. The largest absolute Gasteiger partial charge is 0.481 e. The summed E-state index contributed by atoms with van der Waals surface area (Å²) in [4.78, 5) is 23.1. The van der Waals surface area contributed by atoms with Crippen LogP contribution < -0.4 is 5.84 Å². The first-order valence-electron chi connectivity index (χ1n) is 8.05. The van der Waals surface area contributed by atoms with E-state index in [9.17, 15) is 14.7 Å². The molecule has 3 N–H and O–H groups in total. The van der Waals surface area contributed by atoms with Crippen LogP contribution in [0.25, 0.3) is 0 Å². The monoisotopic (exact) mass is 300 g/mol. The third kappa shape index (κ3) is 9.45. The Labute approximate surface area is 128 Å². The molecule has 2 atom stereocenters. The molecule has 0 rings (SSSR count). The van der Waals surface area contributed by atoms with E-state index in [1.807, 2.05) is 13.8 Å². The summed E-state index contributed by atoms with van der Waals surface area (Å²) < 4.78 is 0. The molecular formula is C16H32N2O3. The van der Waals surface area contributed by atoms with Crippen LogP contribution in [0.3, 0.4) is 0 Å². The number of rotatable bonds is 11. The van der Waals surface area contributed by atoms with Crippen molar-refractivity contribution in [2.45, 2.75) is 66.2 Å². The second-order valence-electron chi connectivity index (χ2n) is 6.50. The number of carboxylic acids is 1. The molecular weight excluding hydrogens is 268 g/mol. The molecule has 1 amide bonds. The van der Waals surface area contributed by atoms with Crippen LogP contribution in [-0.2, 0) is 9.59 Å². The van der Waals surface area contributed by atoms with E-state index in [0.29, 0.717) is 18.8 Å². The van der Waals surface area contributed by atoms with Gasteiger partial charge in [-0.25, -0.2) is 5.84 Å². The lowest BCUT2D eigenvalue weighted by atomic mass is 9.93. The lowest BCUT2D eigenvalue weighted by Gasteiger charge is -2.23. The van der Waals surface area contributed by atoms with Crippen LogP contribution in [0.2, 0.25) is 0 Å². The summed E-state index contributed by atoms with van der Waals surface area (Å²) in [7, 11) is 0. The third-order valence-corrected chi connectivity index (χ3v) is 3.73. The van der Waals surface area contributed by atoms with E-state index < -0.39 is 11.9 Å². The Bertz CT molecular complexity index is 319. The Hall–Kier alpha value is -1.10. The SMILES string of the molecule is CCCCC(C)CCC(CN(N)C(=O)CC(C)C)C(=O)O. The molecule has 0 aliphatic carbocycles. The van der Waals surface area contributed by atoms with Crippen LogP contribution >= 0.6 is 0 Å². The normalized spacial score (nSPS) is 14.0. The van der Waals surface area contributed by atoms with E-state index in [2.05, 4.69) is 13.8 Å². The van der Waals surface area contributed by atoms with Crippen LogP contribution in [0.5, 0.6) is 0 Å². The molecule has 0 aromatic carbocycles. The topological polar surface area (TPSA) is 83.6 Å². The number of carbonyl (C=O) groups is 2. The van der Waals surface area contributed by atoms with Gasteiger partial charge in [-0.3, -0.25) is 14.6 Å². The van der Waals surface area contributed by atoms with Crippen LogP contribution in [0.1, 0.15) is 66.2 Å². The molecule has 0 aliphatic heterocycles. The summed E-state index contributed by atoms with van der Waals surface area (Å²) in [5, 5.41) is 10.4. The van der Waals surface area contributed by atoms with E-state index in [4.69, 9.17) is 5.84 Å². The lowest BCUT2D eigenvalue weighted by Crippen LogP contribution is -2.43. The van der Waals surface area contributed by atoms with Gasteiger partial charge in [-0.05, 0) is 24.7 Å². The van der Waals surface area contributed by atoms with Crippen LogP contribution in [0, 0.1) is 17.8 Å². The highest BCUT2D eigenvalue weighted by molar-refractivity contribution is 5.77. The summed E-state index contributed by atoms with van der Waals surface area (Å²) >= 11 is 0. The lowest BCUT2D eigenvalue weighted by molar-refractivity contribution is -0.144. The number of aliphatic carboxylic acids is 1. The number of carbonyl (C=O) groups excluding carboxylic acids is 1. The number of amides is 1. The van der Waals surface area contributed by atoms with Crippen LogP contribution in [-0.4, -0.2) is 28.5 Å². The minimum atomic E-state index is -0.870. The molecule has 0 fully saturated rings. The molecule has 0 saturated carbocycles. The molecule has 0 heterocycles. The van der Waals surface area contributed by atoms with Gasteiger partial charge in [0.25, 0.3) is 0 Å². The summed E-state index contributed by atoms with van der Waals surface area (Å²) in [6, 6.07) is 0. The fraction of sp³-hybridized carbons (Fsp3) is 0.875. The van der Waals surface area contributed by atoms with Crippen LogP contribution in [0.15, 0.2) is 0 Å². The zero-order valence-electron chi connectivity index (χ0n) is 14.0. The molecule has 0 aromatic rings. The summed E-state index contributed by atoms with van der Waals surface area (Å²) in [6.45, 7) is 8.28. The zero-order chi connectivity index (χ0) is 16.4. The number of hydrogen-bond acceptors (Lipinski definition) is 3. The number of nitrogens with two attached hydrogens (primary N) is 1. The zero-order valence-corrected chi connectivity index (χ0v) is 14.0. The van der Waals surface area contributed by atoms with Gasteiger partial charge in [0.05, 0.1) is 12.5 Å². The van der Waals surface area contributed by atoms with Gasteiger partial charge >= 0.3 is 5.97 Å². The second-order valence-corrected chi connectivity index (χ2v) is 6.50. The first-order chi connectivity index (χ1) is 9.77. The maximum absolute atomic E-state index is 11.8. The number of carboxylic acid groups (broad SMARTS) is 1. The Kier molecular flexibility index (Phi) is 10.0. The third-order valence-electron chi connectivity index (χ3n) is 3.73. The van der Waals surface area contributed by atoms with Crippen molar-refractivity contribution in [1.29, 1.82) is 0 Å². The van der Waals surface area contributed by atoms with E-state index in [1.54, 1.807) is 0 Å². The predicted molar refractivity (Wildman–Crippen MR) is 84.4 cm³/mol. The summed E-state index contributed by atoms with van der Waals surface area (Å²) in [5.41, 5.74) is 0. The van der Waals surface area contributed by atoms with Gasteiger partial charge < -0.3 is 5.11 Å². The predicted octanol–water partition coefficient (Wildman–Crippen LogP) is 3.04. The van der Waals surface area contributed by atoms with Gasteiger partial charge in [-0.15, -0.1) is 0 Å². The molecule has 0 bridgehead atoms. The molecule has 124 valence electrons. The van der Waals surface area contributed by atoms with Crippen molar-refractivity contribution >= 4 is 11.9 Å². The number of nitrogens with zero attached hydrogens (tertiary/aromatic N) is 1. The van der Waals surface area contributed by atoms with Crippen molar-refractivity contribution in [3.05, 3.63) is 0 Å². The quantitative estimate of drug-likeness (QED) is 0.349. The fourth-order valence-corrected chi connectivity index (χ4v) is 2.28. The van der Waals surface area contributed by atoms with Crippen molar-refractivity contribution < 1.29 is 14.7 Å². The van der Waals surface area contributed by atoms with Gasteiger partial charge in [0, 0.05) is 6.42 Å². The highest BCUT2D eigenvalue weighted by Crippen LogP contribution is 2.18. The Morgan fingerprint density at radius 3 is 2.24 bits per heavy atom. The van der Waals surface area contributed by atoms with Crippen molar-refractivity contribution in [2.24, 2.45) is 23.6 Å². The number of unbranched alkanes of at least 4 members (excludes halogenated alkanes) is 1. The van der Waals surface area contributed by atoms with Gasteiger partial charge in [0.15, 0.2) is 0 Å². The minimum absolute atomic E-state index is 0.0986. The van der Waals surface area contributed by atoms with Crippen molar-refractivity contribution in [3.8, 4) is 0 Å². The summed E-state index contributed by atoms with van der Waals surface area (Å²) in [5.74, 6) is 4.82. The molecule has 2 unspecified atom stereocenters. The Morgan fingerprint density at radius 2 is 1.76 bits per heavy atom. The van der Waals surface area contributed by atoms with Gasteiger partial charge in [0.2, 0.25) is 5.91 Å². The van der Waals surface area contributed by atoms with Gasteiger partial charge in [-0.1, -0.05) is 47.0 Å². The Morgan fingerprint density at radius 1 is 1.14 bits per heavy atom. The molecule has 0 aliphatic rings. The van der Waals surface area contributed by atoms with Crippen LogP contribution in [0.4, 0.5) is 0 Å². The van der Waals surface area contributed by atoms with E-state index >= 15 is 0 Å². The molecule has 0 saturated heterocycles. The average molecular weight is 300 g/mol. The number of hydrazine groups is 1. The highest BCUT2D eigenvalue weighted by atomic mass is 16.4. The molecule has 0 radical (unpaired) electrons. The van der Waals surface area contributed by atoms with E-state index in [-0.39, 0.29) is 18.4 Å². The standard InChI is InChI=1S/C16H32N2O3/c1-5-6-7-13(4)8-9-14(16(20)21)11-18(17)15(19)10-12(2)3/h12-14H,5-11,17H2,1-4H3,(H,20,21).